The zero-order valence-electron chi connectivity index (χ0n) is 7.14. The lowest BCUT2D eigenvalue weighted by atomic mass is 10.2. The first-order valence-corrected chi connectivity index (χ1v) is 4.75. The predicted octanol–water partition coefficient (Wildman–Crippen LogP) is 2.39. The Morgan fingerprint density at radius 2 is 2.21 bits per heavy atom. The molecule has 0 saturated heterocycles. The van der Waals surface area contributed by atoms with Crippen molar-refractivity contribution < 1.29 is 5.11 Å². The minimum absolute atomic E-state index is 0.134. The molecule has 0 aliphatic heterocycles. The second-order valence-electron chi connectivity index (χ2n) is 2.71. The van der Waals surface area contributed by atoms with Gasteiger partial charge < -0.3 is 5.11 Å². The summed E-state index contributed by atoms with van der Waals surface area (Å²) in [6, 6.07) is 7.29. The summed E-state index contributed by atoms with van der Waals surface area (Å²) in [6.45, 7) is 0. The monoisotopic (exact) mass is 202 g/mol. The van der Waals surface area contributed by atoms with E-state index in [0.29, 0.717) is 4.88 Å². The molecule has 2 aromatic rings. The zero-order chi connectivity index (χ0) is 9.97. The summed E-state index contributed by atoms with van der Waals surface area (Å²) < 4.78 is 0. The lowest BCUT2D eigenvalue weighted by molar-refractivity contribution is 0.473. The summed E-state index contributed by atoms with van der Waals surface area (Å²) in [5, 5.41) is 17.9. The van der Waals surface area contributed by atoms with Gasteiger partial charge in [-0.15, -0.1) is 11.3 Å². The quantitative estimate of drug-likeness (QED) is 0.772. The maximum absolute atomic E-state index is 9.22. The third kappa shape index (κ3) is 1.58. The Hall–Kier alpha value is -1.86. The molecule has 0 amide bonds. The van der Waals surface area contributed by atoms with Crippen molar-refractivity contribution in [2.24, 2.45) is 0 Å². The summed E-state index contributed by atoms with van der Waals surface area (Å²) in [6.07, 6.45) is 3.04. The van der Waals surface area contributed by atoms with E-state index in [2.05, 4.69) is 11.1 Å². The van der Waals surface area contributed by atoms with Crippen LogP contribution >= 0.6 is 11.3 Å². The van der Waals surface area contributed by atoms with E-state index in [4.69, 9.17) is 5.26 Å². The van der Waals surface area contributed by atoms with Gasteiger partial charge in [-0.2, -0.15) is 5.26 Å². The highest BCUT2D eigenvalue weighted by Gasteiger charge is 2.03. The first-order chi connectivity index (χ1) is 6.79. The van der Waals surface area contributed by atoms with Crippen molar-refractivity contribution >= 4 is 11.3 Å². The Labute approximate surface area is 84.9 Å². The molecule has 0 aromatic carbocycles. The number of hydrogen-bond donors (Lipinski definition) is 1. The van der Waals surface area contributed by atoms with E-state index < -0.39 is 0 Å². The first-order valence-electron chi connectivity index (χ1n) is 3.94. The summed E-state index contributed by atoms with van der Waals surface area (Å²) >= 11 is 1.38. The molecule has 1 N–H and O–H groups in total. The minimum Gasteiger partial charge on any atom is -0.506 e. The maximum Gasteiger partial charge on any atom is 0.134 e. The van der Waals surface area contributed by atoms with Crippen molar-refractivity contribution in [2.45, 2.75) is 0 Å². The summed E-state index contributed by atoms with van der Waals surface area (Å²) in [5.41, 5.74) is 0.830. The molecule has 14 heavy (non-hydrogen) atoms. The van der Waals surface area contributed by atoms with Crippen LogP contribution in [0.1, 0.15) is 4.88 Å². The number of pyridine rings is 1. The number of nitrogens with zero attached hydrogens (tertiary/aromatic N) is 2. The molecular formula is C10H6N2OS. The fourth-order valence-electron chi connectivity index (χ4n) is 1.12. The van der Waals surface area contributed by atoms with E-state index in [1.807, 2.05) is 6.07 Å². The van der Waals surface area contributed by atoms with Gasteiger partial charge in [-0.1, -0.05) is 0 Å². The van der Waals surface area contributed by atoms with Crippen molar-refractivity contribution in [1.29, 1.82) is 5.26 Å². The largest absolute Gasteiger partial charge is 0.506 e. The van der Waals surface area contributed by atoms with Crippen molar-refractivity contribution in [3.05, 3.63) is 35.5 Å². The van der Waals surface area contributed by atoms with Gasteiger partial charge in [0.25, 0.3) is 0 Å². The standard InChI is InChI=1S/C10H6N2OS/c11-4-9-1-2-10(14-9)7-3-8(13)6-12-5-7/h1-3,5-6,13H. The van der Waals surface area contributed by atoms with Crippen LogP contribution in [0.2, 0.25) is 0 Å². The average Bonchev–Trinajstić information content (AvgIpc) is 2.66. The highest BCUT2D eigenvalue weighted by Crippen LogP contribution is 2.28. The fourth-order valence-corrected chi connectivity index (χ4v) is 1.90. The van der Waals surface area contributed by atoms with Crippen LogP contribution in [0.4, 0.5) is 0 Å². The normalized spacial score (nSPS) is 9.64. The van der Waals surface area contributed by atoms with E-state index in [1.54, 1.807) is 18.3 Å². The van der Waals surface area contributed by atoms with Crippen molar-refractivity contribution in [2.75, 3.05) is 0 Å². The summed E-state index contributed by atoms with van der Waals surface area (Å²) in [7, 11) is 0. The van der Waals surface area contributed by atoms with Gasteiger partial charge in [0.2, 0.25) is 0 Å². The van der Waals surface area contributed by atoms with Crippen molar-refractivity contribution in [1.82, 2.24) is 4.98 Å². The SMILES string of the molecule is N#Cc1ccc(-c2cncc(O)c2)s1. The van der Waals surface area contributed by atoms with Crippen LogP contribution in [0, 0.1) is 11.3 Å². The molecule has 0 bridgehead atoms. The molecule has 0 unspecified atom stereocenters. The Balaban J connectivity index is 2.45. The van der Waals surface area contributed by atoms with Crippen molar-refractivity contribution in [3.63, 3.8) is 0 Å². The third-order valence-electron chi connectivity index (χ3n) is 1.72. The summed E-state index contributed by atoms with van der Waals surface area (Å²) in [4.78, 5) is 5.46. The Morgan fingerprint density at radius 1 is 1.36 bits per heavy atom. The number of nitriles is 1. The second-order valence-corrected chi connectivity index (χ2v) is 3.79. The highest BCUT2D eigenvalue weighted by atomic mass is 32.1. The van der Waals surface area contributed by atoms with E-state index in [9.17, 15) is 5.11 Å². The molecule has 0 radical (unpaired) electrons. The van der Waals surface area contributed by atoms with Gasteiger partial charge in [-0.25, -0.2) is 0 Å². The van der Waals surface area contributed by atoms with E-state index >= 15 is 0 Å². The predicted molar refractivity (Wildman–Crippen MR) is 53.9 cm³/mol. The topological polar surface area (TPSA) is 56.9 Å². The van der Waals surface area contributed by atoms with Gasteiger partial charge in [0.05, 0.1) is 6.20 Å². The molecule has 0 saturated carbocycles. The van der Waals surface area contributed by atoms with Gasteiger partial charge >= 0.3 is 0 Å². The van der Waals surface area contributed by atoms with Gasteiger partial charge in [-0.05, 0) is 18.2 Å². The van der Waals surface area contributed by atoms with Gasteiger partial charge in [-0.3, -0.25) is 4.98 Å². The summed E-state index contributed by atoms with van der Waals surface area (Å²) in [5.74, 6) is 0.134. The smallest absolute Gasteiger partial charge is 0.134 e. The van der Waals surface area contributed by atoms with Crippen LogP contribution in [0.15, 0.2) is 30.6 Å². The molecule has 0 atom stereocenters. The molecule has 2 rings (SSSR count). The molecule has 4 heteroatoms. The van der Waals surface area contributed by atoms with Gasteiger partial charge in [0, 0.05) is 16.6 Å². The van der Waals surface area contributed by atoms with Crippen LogP contribution in [-0.2, 0) is 0 Å². The van der Waals surface area contributed by atoms with Crippen LogP contribution in [-0.4, -0.2) is 10.1 Å². The van der Waals surface area contributed by atoms with E-state index in [1.165, 1.54) is 17.5 Å². The fraction of sp³-hybridized carbons (Fsp3) is 0. The number of thiophene rings is 1. The van der Waals surface area contributed by atoms with Crippen LogP contribution < -0.4 is 0 Å². The Morgan fingerprint density at radius 3 is 2.86 bits per heavy atom. The Kier molecular flexibility index (Phi) is 2.17. The minimum atomic E-state index is 0.134. The average molecular weight is 202 g/mol. The van der Waals surface area contributed by atoms with Gasteiger partial charge in [0.1, 0.15) is 16.7 Å². The van der Waals surface area contributed by atoms with Crippen LogP contribution in [0.3, 0.4) is 0 Å². The molecule has 2 heterocycles. The second kappa shape index (κ2) is 3.48. The third-order valence-corrected chi connectivity index (χ3v) is 2.76. The van der Waals surface area contributed by atoms with E-state index in [0.717, 1.165) is 10.4 Å². The van der Waals surface area contributed by atoms with Crippen LogP contribution in [0.5, 0.6) is 5.75 Å². The van der Waals surface area contributed by atoms with E-state index in [-0.39, 0.29) is 5.75 Å². The zero-order valence-corrected chi connectivity index (χ0v) is 7.95. The molecule has 2 aromatic heterocycles. The number of aromatic hydroxyl groups is 1. The maximum atomic E-state index is 9.22. The molecule has 68 valence electrons. The number of rotatable bonds is 1. The first kappa shape index (κ1) is 8.73. The molecule has 3 nitrogen and oxygen atoms in total. The van der Waals surface area contributed by atoms with Gasteiger partial charge in [0.15, 0.2) is 0 Å². The van der Waals surface area contributed by atoms with Crippen LogP contribution in [0.25, 0.3) is 10.4 Å². The number of hydrogen-bond acceptors (Lipinski definition) is 4. The lowest BCUT2D eigenvalue weighted by Gasteiger charge is -1.96. The molecular weight excluding hydrogens is 196 g/mol. The molecule has 0 aliphatic rings. The van der Waals surface area contributed by atoms with Crippen molar-refractivity contribution in [3.8, 4) is 22.3 Å². The molecule has 0 aliphatic carbocycles. The Bertz CT molecular complexity index is 499. The molecule has 0 fully saturated rings. The number of aromatic nitrogens is 1. The lowest BCUT2D eigenvalue weighted by Crippen LogP contribution is -1.74. The molecule has 0 spiro atoms. The highest BCUT2D eigenvalue weighted by molar-refractivity contribution is 7.16.